The number of pyridine rings is 1. The lowest BCUT2D eigenvalue weighted by Gasteiger charge is -2.22. The molecule has 5 nitrogen and oxygen atoms in total. The maximum absolute atomic E-state index is 12.6. The molecular weight excluding hydrogens is 406 g/mol. The van der Waals surface area contributed by atoms with Crippen LogP contribution >= 0.6 is 11.8 Å². The van der Waals surface area contributed by atoms with Gasteiger partial charge in [-0.05, 0) is 62.6 Å². The van der Waals surface area contributed by atoms with Gasteiger partial charge in [-0.25, -0.2) is 4.98 Å². The number of fused-ring (bicyclic) bond motifs is 2. The van der Waals surface area contributed by atoms with E-state index in [0.717, 1.165) is 21.9 Å². The summed E-state index contributed by atoms with van der Waals surface area (Å²) in [5.74, 6) is 0.421. The number of imidazole rings is 1. The summed E-state index contributed by atoms with van der Waals surface area (Å²) in [6.07, 6.45) is 6.08. The zero-order valence-corrected chi connectivity index (χ0v) is 18.8. The number of hydrogen-bond acceptors (Lipinski definition) is 5. The van der Waals surface area contributed by atoms with Gasteiger partial charge in [-0.3, -0.25) is 14.3 Å². The second-order valence-corrected chi connectivity index (χ2v) is 10.0. The fraction of sp³-hybridized carbons (Fsp3) is 0.320. The van der Waals surface area contributed by atoms with Crippen molar-refractivity contribution in [1.82, 2.24) is 14.5 Å². The van der Waals surface area contributed by atoms with Crippen LogP contribution in [0.5, 0.6) is 0 Å². The summed E-state index contributed by atoms with van der Waals surface area (Å²) in [5.41, 5.74) is 4.27. The summed E-state index contributed by atoms with van der Waals surface area (Å²) >= 11 is 1.42. The van der Waals surface area contributed by atoms with Crippen LogP contribution in [0.15, 0.2) is 60.0 Å². The van der Waals surface area contributed by atoms with Crippen molar-refractivity contribution in [3.8, 4) is 5.69 Å². The number of nitrogens with zero attached hydrogens (tertiary/aromatic N) is 3. The minimum atomic E-state index is -0.772. The third-order valence-corrected chi connectivity index (χ3v) is 6.87. The first-order chi connectivity index (χ1) is 15.0. The first-order valence-electron chi connectivity index (χ1n) is 10.7. The molecule has 158 valence electrons. The highest BCUT2D eigenvalue weighted by atomic mass is 32.2. The van der Waals surface area contributed by atoms with Crippen LogP contribution in [0.25, 0.3) is 27.5 Å². The summed E-state index contributed by atoms with van der Waals surface area (Å²) in [4.78, 5) is 21.7. The molecular formula is C25H25N3O2S. The Kier molecular flexibility index (Phi) is 4.97. The van der Waals surface area contributed by atoms with Crippen LogP contribution < -0.4 is 0 Å². The van der Waals surface area contributed by atoms with Gasteiger partial charge < -0.3 is 4.74 Å². The number of esters is 1. The quantitative estimate of drug-likeness (QED) is 0.282. The zero-order valence-electron chi connectivity index (χ0n) is 18.0. The Morgan fingerprint density at radius 2 is 1.94 bits per heavy atom. The van der Waals surface area contributed by atoms with E-state index in [1.165, 1.54) is 40.9 Å². The third-order valence-electron chi connectivity index (χ3n) is 5.73. The van der Waals surface area contributed by atoms with E-state index in [-0.39, 0.29) is 5.97 Å². The van der Waals surface area contributed by atoms with Gasteiger partial charge in [0, 0.05) is 11.6 Å². The number of thioether (sulfide) groups is 1. The molecule has 0 spiro atoms. The molecule has 1 fully saturated rings. The van der Waals surface area contributed by atoms with Gasteiger partial charge in [-0.1, -0.05) is 42.1 Å². The fourth-order valence-electron chi connectivity index (χ4n) is 4.04. The van der Waals surface area contributed by atoms with Crippen molar-refractivity contribution in [2.75, 3.05) is 6.61 Å². The van der Waals surface area contributed by atoms with E-state index in [0.29, 0.717) is 12.5 Å². The second-order valence-electron chi connectivity index (χ2n) is 8.42. The third kappa shape index (κ3) is 3.59. The van der Waals surface area contributed by atoms with Crippen molar-refractivity contribution < 1.29 is 9.53 Å². The molecule has 0 radical (unpaired) electrons. The Labute approximate surface area is 185 Å². The Morgan fingerprint density at radius 1 is 1.16 bits per heavy atom. The Balaban J connectivity index is 1.71. The molecule has 0 bridgehead atoms. The molecule has 2 heterocycles. The normalized spacial score (nSPS) is 14.3. The number of rotatable bonds is 6. The van der Waals surface area contributed by atoms with Gasteiger partial charge in [-0.15, -0.1) is 0 Å². The fourth-order valence-corrected chi connectivity index (χ4v) is 5.07. The molecule has 0 atom stereocenters. The lowest BCUT2D eigenvalue weighted by atomic mass is 9.99. The predicted octanol–water partition coefficient (Wildman–Crippen LogP) is 5.88. The van der Waals surface area contributed by atoms with Crippen molar-refractivity contribution in [3.63, 3.8) is 0 Å². The number of hydrogen-bond donors (Lipinski definition) is 0. The predicted molar refractivity (Wildman–Crippen MR) is 125 cm³/mol. The van der Waals surface area contributed by atoms with E-state index in [9.17, 15) is 4.79 Å². The summed E-state index contributed by atoms with van der Waals surface area (Å²) in [6, 6.07) is 15.0. The van der Waals surface area contributed by atoms with E-state index in [4.69, 9.17) is 9.72 Å². The number of aromatic nitrogens is 3. The highest BCUT2D eigenvalue weighted by Gasteiger charge is 2.33. The Hall–Kier alpha value is -2.86. The first kappa shape index (κ1) is 20.1. The maximum atomic E-state index is 12.6. The van der Waals surface area contributed by atoms with E-state index in [2.05, 4.69) is 45.9 Å². The van der Waals surface area contributed by atoms with E-state index in [1.807, 2.05) is 26.8 Å². The SMILES string of the molecule is CCOC(=O)C(C)(C)Sc1nc2cnccc2n1-c1ccc(C2CC2)c2ccccc12. The number of ether oxygens (including phenoxy) is 1. The van der Waals surface area contributed by atoms with Crippen molar-refractivity contribution in [2.45, 2.75) is 49.4 Å². The topological polar surface area (TPSA) is 57.0 Å². The molecule has 4 aromatic rings. The van der Waals surface area contributed by atoms with Gasteiger partial charge in [-0.2, -0.15) is 0 Å². The molecule has 1 aliphatic rings. The monoisotopic (exact) mass is 431 g/mol. The first-order valence-corrected chi connectivity index (χ1v) is 11.5. The minimum Gasteiger partial charge on any atom is -0.465 e. The van der Waals surface area contributed by atoms with E-state index < -0.39 is 4.75 Å². The molecule has 6 heteroatoms. The molecule has 0 amide bonds. The average molecular weight is 432 g/mol. The largest absolute Gasteiger partial charge is 0.465 e. The summed E-state index contributed by atoms with van der Waals surface area (Å²) in [5, 5.41) is 3.24. The molecule has 2 aromatic carbocycles. The van der Waals surface area contributed by atoms with Gasteiger partial charge in [0.1, 0.15) is 10.3 Å². The molecule has 0 saturated heterocycles. The molecule has 0 N–H and O–H groups in total. The summed E-state index contributed by atoms with van der Waals surface area (Å²) in [6.45, 7) is 5.95. The van der Waals surface area contributed by atoms with Crippen molar-refractivity contribution in [1.29, 1.82) is 0 Å². The Bertz CT molecular complexity index is 1290. The van der Waals surface area contributed by atoms with Crippen LogP contribution in [-0.2, 0) is 9.53 Å². The van der Waals surface area contributed by atoms with Gasteiger partial charge in [0.05, 0.1) is 24.0 Å². The van der Waals surface area contributed by atoms with Gasteiger partial charge >= 0.3 is 5.97 Å². The van der Waals surface area contributed by atoms with Gasteiger partial charge in [0.2, 0.25) is 0 Å². The zero-order chi connectivity index (χ0) is 21.6. The van der Waals surface area contributed by atoms with Gasteiger partial charge in [0.25, 0.3) is 0 Å². The van der Waals surface area contributed by atoms with E-state index in [1.54, 1.807) is 12.4 Å². The standard InChI is InChI=1S/C25H25N3O2S/c1-4-30-23(29)25(2,3)31-24-27-20-15-26-14-13-22(20)28(24)21-12-11-17(16-9-10-16)18-7-5-6-8-19(18)21/h5-8,11-16H,4,9-10H2,1-3H3. The van der Waals surface area contributed by atoms with Crippen molar-refractivity contribution in [3.05, 3.63) is 60.4 Å². The molecule has 0 aliphatic heterocycles. The van der Waals surface area contributed by atoms with Crippen molar-refractivity contribution in [2.24, 2.45) is 0 Å². The van der Waals surface area contributed by atoms with E-state index >= 15 is 0 Å². The lowest BCUT2D eigenvalue weighted by molar-refractivity contribution is -0.145. The number of benzene rings is 2. The average Bonchev–Trinajstić information content (AvgIpc) is 3.54. The molecule has 1 aliphatic carbocycles. The van der Waals surface area contributed by atoms with Crippen LogP contribution in [0, 0.1) is 0 Å². The van der Waals surface area contributed by atoms with Crippen LogP contribution in [-0.4, -0.2) is 31.9 Å². The molecule has 5 rings (SSSR count). The van der Waals surface area contributed by atoms with Crippen LogP contribution in [0.2, 0.25) is 0 Å². The summed E-state index contributed by atoms with van der Waals surface area (Å²) < 4.78 is 6.69. The van der Waals surface area contributed by atoms with Crippen molar-refractivity contribution >= 4 is 39.5 Å². The lowest BCUT2D eigenvalue weighted by Crippen LogP contribution is -2.30. The minimum absolute atomic E-state index is 0.245. The van der Waals surface area contributed by atoms with Crippen LogP contribution in [0.3, 0.4) is 0 Å². The molecule has 1 saturated carbocycles. The summed E-state index contributed by atoms with van der Waals surface area (Å²) in [7, 11) is 0. The maximum Gasteiger partial charge on any atom is 0.322 e. The number of carbonyl (C=O) groups is 1. The number of carbonyl (C=O) groups excluding carboxylic acids is 1. The van der Waals surface area contributed by atoms with Crippen LogP contribution in [0.1, 0.15) is 45.1 Å². The molecule has 0 unspecified atom stereocenters. The highest BCUT2D eigenvalue weighted by Crippen LogP contribution is 2.45. The molecule has 2 aromatic heterocycles. The highest BCUT2D eigenvalue weighted by molar-refractivity contribution is 8.01. The Morgan fingerprint density at radius 3 is 2.68 bits per heavy atom. The molecule has 31 heavy (non-hydrogen) atoms. The van der Waals surface area contributed by atoms with Crippen LogP contribution in [0.4, 0.5) is 0 Å². The smallest absolute Gasteiger partial charge is 0.322 e. The second kappa shape index (κ2) is 7.68. The van der Waals surface area contributed by atoms with Gasteiger partial charge in [0.15, 0.2) is 5.16 Å².